The third-order valence-electron chi connectivity index (χ3n) is 2.22. The first-order chi connectivity index (χ1) is 8.29. The number of rotatable bonds is 9. The van der Waals surface area contributed by atoms with Gasteiger partial charge in [-0.1, -0.05) is 0 Å². The first-order valence-corrected chi connectivity index (χ1v) is 5.20. The molecule has 0 radical (unpaired) electrons. The van der Waals surface area contributed by atoms with Crippen molar-refractivity contribution in [2.24, 2.45) is 0 Å². The highest BCUT2D eigenvalue weighted by molar-refractivity contribution is 6.01. The molecule has 104 valence electrons. The van der Waals surface area contributed by atoms with E-state index < -0.39 is 55.3 Å². The Balaban J connectivity index is 4.23. The second-order valence-electron chi connectivity index (χ2n) is 3.76. The summed E-state index contributed by atoms with van der Waals surface area (Å²) in [5.41, 5.74) is 0. The van der Waals surface area contributed by atoms with Crippen molar-refractivity contribution in [2.45, 2.75) is 37.6 Å². The maximum atomic E-state index is 11.3. The second kappa shape index (κ2) is 7.88. The minimum absolute atomic E-state index is 0.355. The number of aliphatic hydroxyl groups is 4. The maximum Gasteiger partial charge on any atom is 0.303 e. The van der Waals surface area contributed by atoms with E-state index in [1.54, 1.807) is 0 Å². The Morgan fingerprint density at radius 2 is 1.56 bits per heavy atom. The zero-order chi connectivity index (χ0) is 14.3. The number of aliphatic hydroxyl groups excluding tert-OH is 4. The Morgan fingerprint density at radius 1 is 1.00 bits per heavy atom. The number of hydrogen-bond donors (Lipinski definition) is 5. The summed E-state index contributed by atoms with van der Waals surface area (Å²) < 4.78 is 0. The smallest absolute Gasteiger partial charge is 0.303 e. The van der Waals surface area contributed by atoms with E-state index in [2.05, 4.69) is 0 Å². The van der Waals surface area contributed by atoms with Crippen molar-refractivity contribution in [1.29, 1.82) is 0 Å². The lowest BCUT2D eigenvalue weighted by atomic mass is 10.00. The van der Waals surface area contributed by atoms with Gasteiger partial charge < -0.3 is 25.5 Å². The molecule has 0 amide bonds. The van der Waals surface area contributed by atoms with Gasteiger partial charge in [0.05, 0.1) is 19.4 Å². The number of aliphatic carboxylic acids is 1. The standard InChI is InChI=1S/C10H16O8/c11-4-7(14)10(18)9(17)6(13)3-5(12)1-2-8(15)16/h7,9-11,14,17-18H,1-4H2,(H,15,16)/t7-,9+,10+/m1/s1. The lowest BCUT2D eigenvalue weighted by Gasteiger charge is -2.20. The van der Waals surface area contributed by atoms with Crippen molar-refractivity contribution in [2.75, 3.05) is 6.61 Å². The van der Waals surface area contributed by atoms with E-state index in [1.165, 1.54) is 0 Å². The summed E-state index contributed by atoms with van der Waals surface area (Å²) in [6, 6.07) is 0. The largest absolute Gasteiger partial charge is 0.481 e. The highest BCUT2D eigenvalue weighted by atomic mass is 16.4. The zero-order valence-electron chi connectivity index (χ0n) is 9.52. The highest BCUT2D eigenvalue weighted by Crippen LogP contribution is 2.06. The zero-order valence-corrected chi connectivity index (χ0v) is 9.52. The number of Topliss-reactive ketones (excluding diaryl/α,β-unsaturated/α-hetero) is 2. The number of carboxylic acid groups (broad SMARTS) is 1. The van der Waals surface area contributed by atoms with Crippen molar-refractivity contribution in [1.82, 2.24) is 0 Å². The van der Waals surface area contributed by atoms with E-state index in [9.17, 15) is 24.6 Å². The Hall–Kier alpha value is -1.35. The molecule has 0 heterocycles. The summed E-state index contributed by atoms with van der Waals surface area (Å²) >= 11 is 0. The van der Waals surface area contributed by atoms with Crippen molar-refractivity contribution < 1.29 is 39.9 Å². The molecule has 0 aliphatic rings. The van der Waals surface area contributed by atoms with Gasteiger partial charge in [-0.15, -0.1) is 0 Å². The Bertz CT molecular complexity index is 313. The molecule has 0 rings (SSSR count). The SMILES string of the molecule is O=C(O)CCC(=O)CC(=O)[C@H](O)[C@@H](O)[C@H](O)CO. The summed E-state index contributed by atoms with van der Waals surface area (Å²) in [6.45, 7) is -0.849. The minimum Gasteiger partial charge on any atom is -0.481 e. The number of ketones is 2. The van der Waals surface area contributed by atoms with Gasteiger partial charge >= 0.3 is 5.97 Å². The van der Waals surface area contributed by atoms with E-state index in [1.807, 2.05) is 0 Å². The fraction of sp³-hybridized carbons (Fsp3) is 0.700. The van der Waals surface area contributed by atoms with Crippen LogP contribution in [0.5, 0.6) is 0 Å². The van der Waals surface area contributed by atoms with Crippen LogP contribution in [0.4, 0.5) is 0 Å². The minimum atomic E-state index is -2.00. The van der Waals surface area contributed by atoms with Crippen LogP contribution in [0.25, 0.3) is 0 Å². The lowest BCUT2D eigenvalue weighted by molar-refractivity contribution is -0.144. The summed E-state index contributed by atoms with van der Waals surface area (Å²) in [4.78, 5) is 32.6. The van der Waals surface area contributed by atoms with Gasteiger partial charge in [0.25, 0.3) is 0 Å². The van der Waals surface area contributed by atoms with Crippen molar-refractivity contribution >= 4 is 17.5 Å². The van der Waals surface area contributed by atoms with E-state index in [4.69, 9.17) is 15.3 Å². The third-order valence-corrected chi connectivity index (χ3v) is 2.22. The molecule has 18 heavy (non-hydrogen) atoms. The molecule has 0 aromatic carbocycles. The second-order valence-corrected chi connectivity index (χ2v) is 3.76. The first kappa shape index (κ1) is 16.6. The molecule has 3 atom stereocenters. The van der Waals surface area contributed by atoms with Crippen molar-refractivity contribution in [3.05, 3.63) is 0 Å². The van der Waals surface area contributed by atoms with Crippen molar-refractivity contribution in [3.8, 4) is 0 Å². The molecular weight excluding hydrogens is 248 g/mol. The average Bonchev–Trinajstić information content (AvgIpc) is 2.33. The molecule has 8 heteroatoms. The van der Waals surface area contributed by atoms with Gasteiger partial charge in [-0.25, -0.2) is 0 Å². The lowest BCUT2D eigenvalue weighted by Crippen LogP contribution is -2.44. The molecule has 0 saturated carbocycles. The maximum absolute atomic E-state index is 11.3. The van der Waals surface area contributed by atoms with E-state index in [0.29, 0.717) is 0 Å². The van der Waals surface area contributed by atoms with Crippen LogP contribution in [0.1, 0.15) is 19.3 Å². The summed E-state index contributed by atoms with van der Waals surface area (Å²) in [6.07, 6.45) is -7.10. The molecule has 0 spiro atoms. The molecule has 0 aliphatic heterocycles. The number of carboxylic acids is 1. The molecular formula is C10H16O8. The fourth-order valence-corrected chi connectivity index (χ4v) is 1.14. The van der Waals surface area contributed by atoms with E-state index in [-0.39, 0.29) is 6.42 Å². The molecule has 0 saturated heterocycles. The predicted octanol–water partition coefficient (Wildman–Crippen LogP) is -2.55. The molecule has 0 aromatic rings. The van der Waals surface area contributed by atoms with Crippen LogP contribution in [0.3, 0.4) is 0 Å². The van der Waals surface area contributed by atoms with Crippen LogP contribution in [0, 0.1) is 0 Å². The summed E-state index contributed by atoms with van der Waals surface area (Å²) in [7, 11) is 0. The van der Waals surface area contributed by atoms with E-state index in [0.717, 1.165) is 0 Å². The normalized spacial score (nSPS) is 15.8. The topological polar surface area (TPSA) is 152 Å². The number of carbonyl (C=O) groups is 3. The van der Waals surface area contributed by atoms with Crippen LogP contribution < -0.4 is 0 Å². The molecule has 0 unspecified atom stereocenters. The molecule has 0 bridgehead atoms. The predicted molar refractivity (Wildman–Crippen MR) is 56.6 cm³/mol. The molecule has 5 N–H and O–H groups in total. The molecule has 0 aromatic heterocycles. The van der Waals surface area contributed by atoms with Crippen LogP contribution >= 0.6 is 0 Å². The van der Waals surface area contributed by atoms with Crippen LogP contribution in [-0.2, 0) is 14.4 Å². The van der Waals surface area contributed by atoms with E-state index >= 15 is 0 Å². The molecule has 0 fully saturated rings. The summed E-state index contributed by atoms with van der Waals surface area (Å²) in [5.74, 6) is -2.91. The van der Waals surface area contributed by atoms with Gasteiger partial charge in [0.1, 0.15) is 24.1 Å². The van der Waals surface area contributed by atoms with Crippen LogP contribution in [0.2, 0.25) is 0 Å². The third kappa shape index (κ3) is 5.82. The van der Waals surface area contributed by atoms with Crippen molar-refractivity contribution in [3.63, 3.8) is 0 Å². The fourth-order valence-electron chi connectivity index (χ4n) is 1.14. The Labute approximate surface area is 102 Å². The molecule has 8 nitrogen and oxygen atoms in total. The monoisotopic (exact) mass is 264 g/mol. The van der Waals surface area contributed by atoms with Gasteiger partial charge in [0.15, 0.2) is 5.78 Å². The Kier molecular flexibility index (Phi) is 7.29. The highest BCUT2D eigenvalue weighted by Gasteiger charge is 2.30. The quantitative estimate of drug-likeness (QED) is 0.285. The first-order valence-electron chi connectivity index (χ1n) is 5.20. The number of carbonyl (C=O) groups excluding carboxylic acids is 2. The average molecular weight is 264 g/mol. The van der Waals surface area contributed by atoms with Gasteiger partial charge in [0, 0.05) is 6.42 Å². The Morgan fingerprint density at radius 3 is 2.00 bits per heavy atom. The van der Waals surface area contributed by atoms with Crippen LogP contribution in [-0.4, -0.2) is 68.0 Å². The van der Waals surface area contributed by atoms with Crippen LogP contribution in [0.15, 0.2) is 0 Å². The van der Waals surface area contributed by atoms with Gasteiger partial charge in [0.2, 0.25) is 0 Å². The van der Waals surface area contributed by atoms with Gasteiger partial charge in [-0.2, -0.15) is 0 Å². The molecule has 0 aliphatic carbocycles. The number of hydrogen-bond acceptors (Lipinski definition) is 7. The van der Waals surface area contributed by atoms with Gasteiger partial charge in [-0.05, 0) is 0 Å². The summed E-state index contributed by atoms with van der Waals surface area (Å²) in [5, 5.41) is 44.3. The van der Waals surface area contributed by atoms with Gasteiger partial charge in [-0.3, -0.25) is 14.4 Å².